The molecule has 0 aliphatic rings. The van der Waals surface area contributed by atoms with Crippen molar-refractivity contribution in [2.24, 2.45) is 0 Å². The second kappa shape index (κ2) is 25.8. The van der Waals surface area contributed by atoms with Gasteiger partial charge in [-0.15, -0.1) is 0 Å². The summed E-state index contributed by atoms with van der Waals surface area (Å²) in [5.74, 6) is -1.25. The zero-order valence-electron chi connectivity index (χ0n) is 47.2. The van der Waals surface area contributed by atoms with Gasteiger partial charge in [0.2, 0.25) is 0 Å². The smallest absolute Gasteiger partial charge is 0.430 e. The molecule has 0 aromatic heterocycles. The first kappa shape index (κ1) is 66.6. The Balaban J connectivity index is 0.000000304. The number of hydrogen-bond donors (Lipinski definition) is 3. The van der Waals surface area contributed by atoms with Crippen molar-refractivity contribution in [1.29, 1.82) is 0 Å². The van der Waals surface area contributed by atoms with Crippen LogP contribution in [0.5, 0.6) is 0 Å². The van der Waals surface area contributed by atoms with E-state index in [1.807, 2.05) is 108 Å². The van der Waals surface area contributed by atoms with E-state index < -0.39 is 52.7 Å². The van der Waals surface area contributed by atoms with E-state index in [2.05, 4.69) is 12.1 Å². The van der Waals surface area contributed by atoms with Crippen molar-refractivity contribution >= 4 is 24.1 Å². The van der Waals surface area contributed by atoms with Crippen LogP contribution < -0.4 is 0 Å². The fourth-order valence-corrected chi connectivity index (χ4v) is 10.6. The highest BCUT2D eigenvalue weighted by atomic mass is 19.4. The van der Waals surface area contributed by atoms with E-state index in [-0.39, 0.29) is 42.1 Å². The highest BCUT2D eigenvalue weighted by Gasteiger charge is 2.70. The topological polar surface area (TPSA) is 104 Å². The Hall–Kier alpha value is -7.18. The van der Waals surface area contributed by atoms with Gasteiger partial charge >= 0.3 is 36.6 Å². The van der Waals surface area contributed by atoms with E-state index >= 15 is 0 Å². The quantitative estimate of drug-likeness (QED) is 0.0585. The van der Waals surface area contributed by atoms with Gasteiger partial charge in [-0.3, -0.25) is 9.59 Å². The number of carbonyl (C=O) groups is 2. The molecular weight excluding hydrogens is 1100 g/mol. The van der Waals surface area contributed by atoms with Crippen LogP contribution in [0.1, 0.15) is 120 Å². The molecule has 6 aromatic rings. The number of aliphatic carboxylic acids is 1. The number of carboxylic acid groups (broad SMARTS) is 1. The minimum absolute atomic E-state index is 0.0873. The number of aliphatic hydroxyl groups is 2. The molecule has 0 heterocycles. The van der Waals surface area contributed by atoms with E-state index in [4.69, 9.17) is 9.84 Å². The molecule has 0 spiro atoms. The molecule has 0 unspecified atom stereocenters. The van der Waals surface area contributed by atoms with E-state index in [0.717, 1.165) is 61.2 Å². The third-order valence-corrected chi connectivity index (χ3v) is 15.8. The summed E-state index contributed by atoms with van der Waals surface area (Å²) in [6.07, 6.45) is -20.1. The Labute approximate surface area is 475 Å². The Morgan fingerprint density at radius 2 is 0.759 bits per heavy atom. The number of alkyl halides is 12. The molecule has 6 aromatic carbocycles. The first-order valence-corrected chi connectivity index (χ1v) is 26.5. The molecule has 0 aliphatic carbocycles. The van der Waals surface area contributed by atoms with Gasteiger partial charge in [0.1, 0.15) is 0 Å². The number of carbonyl (C=O) groups excluding carboxylic acids is 1. The number of rotatable bonds is 18. The van der Waals surface area contributed by atoms with Gasteiger partial charge in [-0.2, -0.15) is 52.7 Å². The maximum atomic E-state index is 13.1. The molecule has 0 bridgehead atoms. The molecule has 0 radical (unpaired) electrons. The van der Waals surface area contributed by atoms with E-state index in [1.54, 1.807) is 44.2 Å². The summed E-state index contributed by atoms with van der Waals surface area (Å²) in [5.41, 5.74) is 1.29. The molecule has 0 fully saturated rings. The van der Waals surface area contributed by atoms with Gasteiger partial charge in [0.15, 0.2) is 0 Å². The Morgan fingerprint density at radius 3 is 1.04 bits per heavy atom. The highest BCUT2D eigenvalue weighted by Crippen LogP contribution is 2.47. The summed E-state index contributed by atoms with van der Waals surface area (Å²) in [4.78, 5) is 22.9. The van der Waals surface area contributed by atoms with Crippen molar-refractivity contribution in [3.8, 4) is 22.3 Å². The standard InChI is InChI=1S/C33H34F6O3.C32H32F6O3/c1-6-30(7-2,26-12-11-24(21(3)17-26)15-16-31(41,32(34,35)36)33(37,38)39)27-13-14-28(22(4)18-27)25-10-8-9-23(19-25)20-29(40)42-5;1-5-29(6-2,26-12-13-27(21(4)17-26)24-9-7-8-22(18-24)19-28(39)40)25-11-10-23(20(3)16-25)14-15-30(41,31(33,34)35)32(36,37)38/h8-19,41H,6-7,20H2,1-5H3;7-18,41H,5-6,19H2,1-4H3,(H,39,40)/b16-15+;15-14+. The number of aryl methyl sites for hydroxylation is 4. The van der Waals surface area contributed by atoms with Gasteiger partial charge in [-0.25, -0.2) is 0 Å². The second-order valence-electron chi connectivity index (χ2n) is 20.7. The Kier molecular flexibility index (Phi) is 20.7. The fraction of sp³-hybridized carbons (Fsp3) is 0.354. The van der Waals surface area contributed by atoms with Crippen LogP contribution in [0, 0.1) is 27.7 Å². The van der Waals surface area contributed by atoms with Gasteiger partial charge in [0.05, 0.1) is 20.0 Å². The lowest BCUT2D eigenvalue weighted by Crippen LogP contribution is -2.55. The average molecular weight is 1170 g/mol. The molecule has 6 rings (SSSR count). The predicted molar refractivity (Wildman–Crippen MR) is 298 cm³/mol. The molecule has 446 valence electrons. The molecular formula is C65H66F12O6. The molecule has 0 amide bonds. The zero-order chi connectivity index (χ0) is 62.3. The minimum Gasteiger partial charge on any atom is -0.481 e. The van der Waals surface area contributed by atoms with Crippen molar-refractivity contribution in [3.63, 3.8) is 0 Å². The van der Waals surface area contributed by atoms with Crippen molar-refractivity contribution in [2.75, 3.05) is 7.11 Å². The van der Waals surface area contributed by atoms with Gasteiger partial charge in [0, 0.05) is 10.8 Å². The summed E-state index contributed by atoms with van der Waals surface area (Å²) >= 11 is 0. The van der Waals surface area contributed by atoms with Gasteiger partial charge < -0.3 is 20.1 Å². The van der Waals surface area contributed by atoms with Crippen molar-refractivity contribution in [3.05, 3.63) is 200 Å². The monoisotopic (exact) mass is 1170 g/mol. The summed E-state index contributed by atoms with van der Waals surface area (Å²) in [6, 6.07) is 37.0. The normalized spacial score (nSPS) is 13.1. The second-order valence-corrected chi connectivity index (χ2v) is 20.7. The largest absolute Gasteiger partial charge is 0.481 e. The van der Waals surface area contributed by atoms with Crippen LogP contribution in [0.3, 0.4) is 0 Å². The number of hydrogen-bond acceptors (Lipinski definition) is 5. The summed E-state index contributed by atoms with van der Waals surface area (Å²) in [7, 11) is 1.34. The first-order chi connectivity index (χ1) is 38.5. The third-order valence-electron chi connectivity index (χ3n) is 15.8. The van der Waals surface area contributed by atoms with Crippen LogP contribution >= 0.6 is 0 Å². The van der Waals surface area contributed by atoms with Crippen LogP contribution in [0.2, 0.25) is 0 Å². The van der Waals surface area contributed by atoms with Crippen LogP contribution in [0.4, 0.5) is 52.7 Å². The molecule has 83 heavy (non-hydrogen) atoms. The first-order valence-electron chi connectivity index (χ1n) is 26.5. The van der Waals surface area contributed by atoms with Gasteiger partial charge in [-0.05, 0) is 155 Å². The SMILES string of the molecule is CCC(CC)(c1ccc(/C=C/C(O)(C(F)(F)F)C(F)(F)F)c(C)c1)c1ccc(-c2cccc(CC(=O)O)c2)c(C)c1.CCC(CC)(c1ccc(/C=C/C(O)(C(F)(F)F)C(F)(F)F)c(C)c1)c1ccc(-c2cccc(CC(=O)OC)c2)c(C)c1. The zero-order valence-corrected chi connectivity index (χ0v) is 47.2. The number of methoxy groups -OCH3 is 1. The molecule has 0 saturated carbocycles. The van der Waals surface area contributed by atoms with E-state index in [9.17, 15) is 72.5 Å². The summed E-state index contributed by atoms with van der Waals surface area (Å²) < 4.78 is 162. The van der Waals surface area contributed by atoms with Crippen molar-refractivity contribution in [2.45, 2.75) is 141 Å². The molecule has 0 atom stereocenters. The number of carboxylic acids is 1. The highest BCUT2D eigenvalue weighted by molar-refractivity contribution is 5.75. The number of halogens is 12. The van der Waals surface area contributed by atoms with Crippen molar-refractivity contribution < 1.29 is 82.3 Å². The maximum absolute atomic E-state index is 13.1. The van der Waals surface area contributed by atoms with Gasteiger partial charge in [0.25, 0.3) is 11.2 Å². The fourth-order valence-electron chi connectivity index (χ4n) is 10.6. The summed E-state index contributed by atoms with van der Waals surface area (Å²) in [5, 5.41) is 28.1. The lowest BCUT2D eigenvalue weighted by Gasteiger charge is -2.34. The third kappa shape index (κ3) is 14.3. The lowest BCUT2D eigenvalue weighted by atomic mass is 9.69. The van der Waals surface area contributed by atoms with Gasteiger partial charge in [-0.1, -0.05) is 161 Å². The summed E-state index contributed by atoms with van der Waals surface area (Å²) in [6.45, 7) is 15.2. The van der Waals surface area contributed by atoms with E-state index in [1.165, 1.54) is 19.2 Å². The molecule has 0 aliphatic heterocycles. The molecule has 0 saturated heterocycles. The minimum atomic E-state index is -5.93. The molecule has 3 N–H and O–H groups in total. The number of esters is 1. The lowest BCUT2D eigenvalue weighted by molar-refractivity contribution is -0.348. The maximum Gasteiger partial charge on any atom is 0.430 e. The average Bonchev–Trinajstić information content (AvgIpc) is 2.23. The Morgan fingerprint density at radius 1 is 0.446 bits per heavy atom. The number of ether oxygens (including phenoxy) is 1. The predicted octanol–water partition coefficient (Wildman–Crippen LogP) is 17.2. The molecule has 6 nitrogen and oxygen atoms in total. The van der Waals surface area contributed by atoms with Crippen LogP contribution in [0.15, 0.2) is 133 Å². The number of benzene rings is 6. The van der Waals surface area contributed by atoms with Crippen LogP contribution in [-0.4, -0.2) is 70.3 Å². The van der Waals surface area contributed by atoms with Crippen LogP contribution in [0.25, 0.3) is 34.4 Å². The molecule has 18 heteroatoms. The Bertz CT molecular complexity index is 3290. The van der Waals surface area contributed by atoms with E-state index in [0.29, 0.717) is 54.5 Å². The van der Waals surface area contributed by atoms with Crippen molar-refractivity contribution in [1.82, 2.24) is 0 Å². The van der Waals surface area contributed by atoms with Crippen LogP contribution in [-0.2, 0) is 38.0 Å².